The minimum Gasteiger partial charge on any atom is -0.453 e. The molecule has 0 saturated carbocycles. The van der Waals surface area contributed by atoms with Crippen molar-refractivity contribution >= 4 is 35.5 Å². The second-order valence-corrected chi connectivity index (χ2v) is 12.0. The van der Waals surface area contributed by atoms with Crippen LogP contribution in [0.3, 0.4) is 0 Å². The predicted octanol–water partition coefficient (Wildman–Crippen LogP) is 5.23. The maximum atomic E-state index is 15.2. The fourth-order valence-electron chi connectivity index (χ4n) is 4.87. The molecule has 3 N–H and O–H groups in total. The maximum Gasteiger partial charge on any atom is 0.410 e. The zero-order valence-corrected chi connectivity index (χ0v) is 27.0. The number of aromatic nitrogens is 2. The van der Waals surface area contributed by atoms with Gasteiger partial charge in [-0.05, 0) is 81.4 Å². The first-order valence-electron chi connectivity index (χ1n) is 15.2. The molecule has 5 rings (SSSR count). The van der Waals surface area contributed by atoms with E-state index in [1.54, 1.807) is 30.6 Å². The van der Waals surface area contributed by atoms with Crippen molar-refractivity contribution in [1.29, 1.82) is 0 Å². The highest BCUT2D eigenvalue weighted by molar-refractivity contribution is 6.04. The molecular weight excluding hydrogens is 638 g/mol. The zero-order valence-electron chi connectivity index (χ0n) is 27.0. The fraction of sp³-hybridized carbons (Fsp3) is 0.229. The number of carbonyl (C=O) groups is 3. The molecule has 3 heterocycles. The number of ether oxygens (including phenoxy) is 2. The van der Waals surface area contributed by atoms with Gasteiger partial charge < -0.3 is 30.3 Å². The van der Waals surface area contributed by atoms with Gasteiger partial charge in [-0.25, -0.2) is 18.6 Å². The number of amides is 3. The van der Waals surface area contributed by atoms with Crippen LogP contribution in [0.15, 0.2) is 83.9 Å². The normalized spacial score (nSPS) is 13.3. The molecule has 4 aromatic rings. The Bertz CT molecular complexity index is 1960. The van der Waals surface area contributed by atoms with Gasteiger partial charge >= 0.3 is 6.09 Å². The van der Waals surface area contributed by atoms with Gasteiger partial charge in [0.15, 0.2) is 11.6 Å². The first-order valence-corrected chi connectivity index (χ1v) is 15.2. The quantitative estimate of drug-likeness (QED) is 0.254. The molecule has 3 amide bonds. The molecule has 0 bridgehead atoms. The Morgan fingerprint density at radius 2 is 1.63 bits per heavy atom. The van der Waals surface area contributed by atoms with E-state index in [-0.39, 0.29) is 40.0 Å². The molecule has 14 heteroatoms. The van der Waals surface area contributed by atoms with Gasteiger partial charge in [0.05, 0.1) is 5.56 Å². The second kappa shape index (κ2) is 14.4. The summed E-state index contributed by atoms with van der Waals surface area (Å²) in [4.78, 5) is 58.4. The van der Waals surface area contributed by atoms with Crippen molar-refractivity contribution in [1.82, 2.24) is 19.4 Å². The second-order valence-electron chi connectivity index (χ2n) is 12.0. The first kappa shape index (κ1) is 34.3. The Balaban J connectivity index is 1.24. The summed E-state index contributed by atoms with van der Waals surface area (Å²) in [6, 6.07) is 13.2. The maximum absolute atomic E-state index is 15.2. The van der Waals surface area contributed by atoms with Gasteiger partial charge in [0.25, 0.3) is 11.5 Å². The third-order valence-electron chi connectivity index (χ3n) is 7.32. The Labute approximate surface area is 280 Å². The van der Waals surface area contributed by atoms with Crippen LogP contribution in [0.4, 0.5) is 25.1 Å². The molecule has 0 unspecified atom stereocenters. The number of carbonyl (C=O) groups excluding carboxylic acids is 3. The number of nitrogens with one attached hydrogen (secondary N) is 1. The molecule has 2 aromatic heterocycles. The van der Waals surface area contributed by atoms with E-state index in [1.165, 1.54) is 83.7 Å². The van der Waals surface area contributed by atoms with E-state index >= 15 is 4.39 Å². The van der Waals surface area contributed by atoms with E-state index in [4.69, 9.17) is 15.2 Å². The van der Waals surface area contributed by atoms with Crippen LogP contribution in [0.1, 0.15) is 36.7 Å². The highest BCUT2D eigenvalue weighted by atomic mass is 19.1. The number of nitrogen functional groups attached to an aromatic ring is 1. The molecule has 1 aliphatic rings. The van der Waals surface area contributed by atoms with Gasteiger partial charge in [-0.2, -0.15) is 0 Å². The molecular formula is C35H34F2N6O6. The van der Waals surface area contributed by atoms with Gasteiger partial charge in [0.1, 0.15) is 28.5 Å². The monoisotopic (exact) mass is 672 g/mol. The van der Waals surface area contributed by atoms with Crippen molar-refractivity contribution in [2.24, 2.45) is 0 Å². The fourth-order valence-corrected chi connectivity index (χ4v) is 4.87. The number of hydrogen-bond donors (Lipinski definition) is 2. The minimum absolute atomic E-state index is 0.0368. The molecule has 49 heavy (non-hydrogen) atoms. The predicted molar refractivity (Wildman–Crippen MR) is 178 cm³/mol. The van der Waals surface area contributed by atoms with Crippen LogP contribution in [0.2, 0.25) is 0 Å². The summed E-state index contributed by atoms with van der Waals surface area (Å²) in [5, 5.41) is 2.50. The number of rotatable bonds is 7. The number of nitrogens with zero attached hydrogens (tertiary/aromatic N) is 4. The van der Waals surface area contributed by atoms with Gasteiger partial charge in [-0.15, -0.1) is 0 Å². The summed E-state index contributed by atoms with van der Waals surface area (Å²) >= 11 is 0. The lowest BCUT2D eigenvalue weighted by Crippen LogP contribution is -2.51. The summed E-state index contributed by atoms with van der Waals surface area (Å²) in [7, 11) is 0. The van der Waals surface area contributed by atoms with Crippen molar-refractivity contribution in [3.05, 3.63) is 112 Å². The van der Waals surface area contributed by atoms with E-state index in [9.17, 15) is 23.6 Å². The van der Waals surface area contributed by atoms with Crippen molar-refractivity contribution in [3.63, 3.8) is 0 Å². The lowest BCUT2D eigenvalue weighted by atomic mass is 10.2. The van der Waals surface area contributed by atoms with Crippen LogP contribution in [0.5, 0.6) is 11.5 Å². The van der Waals surface area contributed by atoms with Crippen LogP contribution in [-0.4, -0.2) is 69.0 Å². The minimum atomic E-state index is -0.834. The van der Waals surface area contributed by atoms with Crippen LogP contribution >= 0.6 is 0 Å². The summed E-state index contributed by atoms with van der Waals surface area (Å²) in [5.74, 6) is -2.46. The smallest absolute Gasteiger partial charge is 0.410 e. The Morgan fingerprint density at radius 3 is 2.31 bits per heavy atom. The van der Waals surface area contributed by atoms with Crippen LogP contribution in [-0.2, 0) is 9.53 Å². The lowest BCUT2D eigenvalue weighted by molar-refractivity contribution is -0.127. The Hall–Kier alpha value is -6.05. The van der Waals surface area contributed by atoms with Crippen molar-refractivity contribution < 1.29 is 32.6 Å². The zero-order chi connectivity index (χ0) is 35.3. The summed E-state index contributed by atoms with van der Waals surface area (Å²) in [6.07, 6.45) is 5.09. The standard InChI is InChI=1S/C35H34F2N6O6/c1-35(2,3)49-34(47)42-19-17-41(18-20-42)30(44)13-11-25-28(14-15-39-31(25)38)48-29-12-8-23(21-27(29)37)40-32(45)26-5-4-16-43(33(26)46)24-9-6-22(36)7-10-24/h4-16,21H,17-20H2,1-3H3,(H2,38,39)(H,40,45)/b13-11+. The Morgan fingerprint density at radius 1 is 0.939 bits per heavy atom. The Kier molecular flexibility index (Phi) is 10.1. The van der Waals surface area contributed by atoms with E-state index in [1.807, 2.05) is 0 Å². The number of nitrogens with two attached hydrogens (primary N) is 1. The molecule has 2 aromatic carbocycles. The van der Waals surface area contributed by atoms with Gasteiger partial charge in [-0.1, -0.05) is 0 Å². The third kappa shape index (κ3) is 8.46. The third-order valence-corrected chi connectivity index (χ3v) is 7.32. The largest absolute Gasteiger partial charge is 0.453 e. The number of anilines is 2. The molecule has 0 spiro atoms. The van der Waals surface area contributed by atoms with Crippen molar-refractivity contribution in [2.45, 2.75) is 26.4 Å². The average molecular weight is 673 g/mol. The molecule has 1 aliphatic heterocycles. The van der Waals surface area contributed by atoms with Gasteiger partial charge in [0, 0.05) is 62.1 Å². The van der Waals surface area contributed by atoms with Crippen LogP contribution in [0.25, 0.3) is 11.8 Å². The molecule has 254 valence electrons. The van der Waals surface area contributed by atoms with E-state index in [0.29, 0.717) is 31.9 Å². The summed E-state index contributed by atoms with van der Waals surface area (Å²) in [6.45, 7) is 6.58. The number of hydrogen-bond acceptors (Lipinski definition) is 8. The molecule has 1 saturated heterocycles. The van der Waals surface area contributed by atoms with Gasteiger partial charge in [-0.3, -0.25) is 19.0 Å². The molecule has 1 fully saturated rings. The summed E-state index contributed by atoms with van der Waals surface area (Å²) in [5.41, 5.74) is 5.24. The highest BCUT2D eigenvalue weighted by Gasteiger charge is 2.27. The number of pyridine rings is 2. The van der Waals surface area contributed by atoms with Crippen molar-refractivity contribution in [2.75, 3.05) is 37.2 Å². The molecule has 0 atom stereocenters. The molecule has 0 aliphatic carbocycles. The topological polar surface area (TPSA) is 149 Å². The van der Waals surface area contributed by atoms with E-state index in [0.717, 1.165) is 6.07 Å². The van der Waals surface area contributed by atoms with E-state index < -0.39 is 34.8 Å². The average Bonchev–Trinajstić information content (AvgIpc) is 3.05. The van der Waals surface area contributed by atoms with Gasteiger partial charge in [0.2, 0.25) is 5.91 Å². The molecule has 0 radical (unpaired) electrons. The molecule has 12 nitrogen and oxygen atoms in total. The number of piperazine rings is 1. The van der Waals surface area contributed by atoms with E-state index in [2.05, 4.69) is 10.3 Å². The lowest BCUT2D eigenvalue weighted by Gasteiger charge is -2.35. The number of halogens is 2. The highest BCUT2D eigenvalue weighted by Crippen LogP contribution is 2.32. The van der Waals surface area contributed by atoms with Crippen LogP contribution < -0.4 is 21.3 Å². The number of benzene rings is 2. The first-order chi connectivity index (χ1) is 23.3. The SMILES string of the molecule is CC(C)(C)OC(=O)N1CCN(C(=O)/C=C/c2c(Oc3ccc(NC(=O)c4cccn(-c5ccc(F)cc5)c4=O)cc3F)ccnc2N)CC1. The summed E-state index contributed by atoms with van der Waals surface area (Å²) < 4.78 is 40.9. The van der Waals surface area contributed by atoms with Crippen LogP contribution in [0, 0.1) is 11.6 Å². The van der Waals surface area contributed by atoms with Crippen molar-refractivity contribution in [3.8, 4) is 17.2 Å².